The van der Waals surface area contributed by atoms with Crippen molar-refractivity contribution in [2.45, 2.75) is 6.61 Å². The van der Waals surface area contributed by atoms with Crippen molar-refractivity contribution in [3.63, 3.8) is 0 Å². The van der Waals surface area contributed by atoms with Crippen LogP contribution in [0.3, 0.4) is 0 Å². The fourth-order valence-electron chi connectivity index (χ4n) is 1.17. The molecule has 16 heavy (non-hydrogen) atoms. The third-order valence-electron chi connectivity index (χ3n) is 1.98. The molecule has 0 aliphatic heterocycles. The predicted molar refractivity (Wildman–Crippen MR) is 60.4 cm³/mol. The van der Waals surface area contributed by atoms with Crippen LogP contribution in [0, 0.1) is 0 Å². The van der Waals surface area contributed by atoms with Crippen molar-refractivity contribution in [1.82, 2.24) is 5.16 Å². The molecule has 82 valence electrons. The first kappa shape index (κ1) is 10.9. The minimum absolute atomic E-state index is 0.365. The number of ether oxygens (including phenoxy) is 1. The Morgan fingerprint density at radius 2 is 2.38 bits per heavy atom. The maximum Gasteiger partial charge on any atom is 0.151 e. The zero-order valence-electron chi connectivity index (χ0n) is 8.22. The molecule has 0 N–H and O–H groups in total. The third kappa shape index (κ3) is 2.49. The van der Waals surface area contributed by atoms with Gasteiger partial charge in [-0.05, 0) is 18.2 Å². The van der Waals surface area contributed by atoms with Crippen molar-refractivity contribution >= 4 is 22.2 Å². The van der Waals surface area contributed by atoms with Crippen LogP contribution in [0.2, 0.25) is 0 Å². The summed E-state index contributed by atoms with van der Waals surface area (Å²) in [6, 6.07) is 5.22. The van der Waals surface area contributed by atoms with Crippen LogP contribution >= 0.6 is 15.9 Å². The minimum atomic E-state index is 0.365. The van der Waals surface area contributed by atoms with E-state index >= 15 is 0 Å². The molecule has 0 aliphatic carbocycles. The van der Waals surface area contributed by atoms with Crippen molar-refractivity contribution in [2.24, 2.45) is 0 Å². The van der Waals surface area contributed by atoms with E-state index in [4.69, 9.17) is 4.74 Å². The first-order valence-corrected chi connectivity index (χ1v) is 5.34. The van der Waals surface area contributed by atoms with Gasteiger partial charge in [0.2, 0.25) is 0 Å². The van der Waals surface area contributed by atoms with Crippen LogP contribution in [-0.2, 0) is 6.61 Å². The summed E-state index contributed by atoms with van der Waals surface area (Å²) in [4.78, 5) is 10.7. The SMILES string of the molecule is O=Cc1cc(OCc2cnoc2)ccc1Br. The summed E-state index contributed by atoms with van der Waals surface area (Å²) in [6.07, 6.45) is 3.87. The summed E-state index contributed by atoms with van der Waals surface area (Å²) in [7, 11) is 0. The van der Waals surface area contributed by atoms with Crippen molar-refractivity contribution < 1.29 is 14.1 Å². The normalized spacial score (nSPS) is 10.1. The Labute approximate surface area is 100 Å². The number of hydrogen-bond acceptors (Lipinski definition) is 4. The van der Waals surface area contributed by atoms with Crippen LogP contribution in [0.25, 0.3) is 0 Å². The van der Waals surface area contributed by atoms with Crippen LogP contribution < -0.4 is 4.74 Å². The molecule has 4 nitrogen and oxygen atoms in total. The molecular formula is C11H8BrNO3. The van der Waals surface area contributed by atoms with Crippen LogP contribution in [-0.4, -0.2) is 11.4 Å². The molecule has 1 aromatic carbocycles. The molecule has 1 aromatic heterocycles. The van der Waals surface area contributed by atoms with Crippen LogP contribution in [0.1, 0.15) is 15.9 Å². The maximum atomic E-state index is 10.7. The van der Waals surface area contributed by atoms with Crippen molar-refractivity contribution in [1.29, 1.82) is 0 Å². The van der Waals surface area contributed by atoms with Gasteiger partial charge >= 0.3 is 0 Å². The number of rotatable bonds is 4. The lowest BCUT2D eigenvalue weighted by Crippen LogP contribution is -1.94. The summed E-state index contributed by atoms with van der Waals surface area (Å²) in [5.41, 5.74) is 1.40. The summed E-state index contributed by atoms with van der Waals surface area (Å²) in [5.74, 6) is 0.631. The molecule has 0 radical (unpaired) electrons. The lowest BCUT2D eigenvalue weighted by atomic mass is 10.2. The highest BCUT2D eigenvalue weighted by Crippen LogP contribution is 2.21. The molecule has 0 unspecified atom stereocenters. The molecule has 1 heterocycles. The molecule has 2 rings (SSSR count). The van der Waals surface area contributed by atoms with Crippen molar-refractivity contribution in [3.05, 3.63) is 46.3 Å². The number of nitrogens with zero attached hydrogens (tertiary/aromatic N) is 1. The predicted octanol–water partition coefficient (Wildman–Crippen LogP) is 2.83. The Bertz CT molecular complexity index is 482. The zero-order valence-corrected chi connectivity index (χ0v) is 9.81. The highest BCUT2D eigenvalue weighted by atomic mass is 79.9. The second-order valence-corrected chi connectivity index (χ2v) is 3.98. The van der Waals surface area contributed by atoms with Gasteiger partial charge in [-0.3, -0.25) is 4.79 Å². The maximum absolute atomic E-state index is 10.7. The second-order valence-electron chi connectivity index (χ2n) is 3.12. The lowest BCUT2D eigenvalue weighted by molar-refractivity contribution is 0.112. The second kappa shape index (κ2) is 4.94. The van der Waals surface area contributed by atoms with Gasteiger partial charge in [0.05, 0.1) is 6.20 Å². The zero-order chi connectivity index (χ0) is 11.4. The van der Waals surface area contributed by atoms with E-state index in [-0.39, 0.29) is 0 Å². The number of halogens is 1. The van der Waals surface area contributed by atoms with E-state index in [0.717, 1.165) is 16.3 Å². The van der Waals surface area contributed by atoms with Gasteiger partial charge in [0.25, 0.3) is 0 Å². The largest absolute Gasteiger partial charge is 0.489 e. The van der Waals surface area contributed by atoms with Crippen LogP contribution in [0.5, 0.6) is 5.75 Å². The topological polar surface area (TPSA) is 52.3 Å². The number of aldehydes is 1. The van der Waals surface area contributed by atoms with Gasteiger partial charge < -0.3 is 9.26 Å². The molecular weight excluding hydrogens is 274 g/mol. The molecule has 0 saturated carbocycles. The molecule has 0 bridgehead atoms. The van der Waals surface area contributed by atoms with Gasteiger partial charge in [0, 0.05) is 15.6 Å². The van der Waals surface area contributed by atoms with Gasteiger partial charge in [-0.15, -0.1) is 0 Å². The van der Waals surface area contributed by atoms with Crippen LogP contribution in [0.15, 0.2) is 39.7 Å². The van der Waals surface area contributed by atoms with E-state index in [0.29, 0.717) is 17.9 Å². The molecule has 0 amide bonds. The summed E-state index contributed by atoms with van der Waals surface area (Å²) >= 11 is 3.27. The fraction of sp³-hybridized carbons (Fsp3) is 0.0909. The van der Waals surface area contributed by atoms with Gasteiger partial charge in [0.15, 0.2) is 6.29 Å². The fourth-order valence-corrected chi connectivity index (χ4v) is 1.51. The average Bonchev–Trinajstić information content (AvgIpc) is 2.81. The first-order valence-electron chi connectivity index (χ1n) is 4.55. The Morgan fingerprint density at radius 3 is 3.06 bits per heavy atom. The van der Waals surface area contributed by atoms with Gasteiger partial charge in [-0.2, -0.15) is 0 Å². The molecule has 0 spiro atoms. The van der Waals surface area contributed by atoms with Crippen LogP contribution in [0.4, 0.5) is 0 Å². The molecule has 0 aliphatic rings. The lowest BCUT2D eigenvalue weighted by Gasteiger charge is -2.05. The Morgan fingerprint density at radius 1 is 1.50 bits per heavy atom. The monoisotopic (exact) mass is 281 g/mol. The highest BCUT2D eigenvalue weighted by Gasteiger charge is 2.02. The van der Waals surface area contributed by atoms with E-state index in [2.05, 4.69) is 25.6 Å². The minimum Gasteiger partial charge on any atom is -0.489 e. The number of benzene rings is 1. The van der Waals surface area contributed by atoms with Crippen molar-refractivity contribution in [3.8, 4) is 5.75 Å². The Kier molecular flexibility index (Phi) is 3.36. The molecule has 2 aromatic rings. The number of carbonyl (C=O) groups is 1. The van der Waals surface area contributed by atoms with Crippen molar-refractivity contribution in [2.75, 3.05) is 0 Å². The standard InChI is InChI=1S/C11H8BrNO3/c12-11-2-1-10(3-9(11)5-14)15-6-8-4-13-16-7-8/h1-5,7H,6H2. The Balaban J connectivity index is 2.07. The first-order chi connectivity index (χ1) is 7.79. The van der Waals surface area contributed by atoms with E-state index in [1.807, 2.05) is 0 Å². The molecule has 0 saturated heterocycles. The van der Waals surface area contributed by atoms with Gasteiger partial charge in [-0.1, -0.05) is 21.1 Å². The molecule has 0 atom stereocenters. The number of aromatic nitrogens is 1. The van der Waals surface area contributed by atoms with E-state index < -0.39 is 0 Å². The van der Waals surface area contributed by atoms with E-state index in [1.165, 1.54) is 6.26 Å². The summed E-state index contributed by atoms with van der Waals surface area (Å²) < 4.78 is 10.9. The number of hydrogen-bond donors (Lipinski definition) is 0. The molecule has 0 fully saturated rings. The average molecular weight is 282 g/mol. The van der Waals surface area contributed by atoms with E-state index in [9.17, 15) is 4.79 Å². The van der Waals surface area contributed by atoms with E-state index in [1.54, 1.807) is 24.4 Å². The number of carbonyl (C=O) groups excluding carboxylic acids is 1. The summed E-state index contributed by atoms with van der Waals surface area (Å²) in [5, 5.41) is 3.56. The molecule has 5 heteroatoms. The van der Waals surface area contributed by atoms with Gasteiger partial charge in [0.1, 0.15) is 18.6 Å². The van der Waals surface area contributed by atoms with Gasteiger partial charge in [-0.25, -0.2) is 0 Å². The third-order valence-corrected chi connectivity index (χ3v) is 2.71. The smallest absolute Gasteiger partial charge is 0.151 e. The quantitative estimate of drug-likeness (QED) is 0.809. The highest BCUT2D eigenvalue weighted by molar-refractivity contribution is 9.10. The summed E-state index contributed by atoms with van der Waals surface area (Å²) in [6.45, 7) is 0.365. The Hall–Kier alpha value is -1.62.